The van der Waals surface area contributed by atoms with Gasteiger partial charge in [0.2, 0.25) is 0 Å². The molecule has 2 aromatic carbocycles. The summed E-state index contributed by atoms with van der Waals surface area (Å²) in [7, 11) is 1.49. The zero-order valence-electron chi connectivity index (χ0n) is 16.0. The van der Waals surface area contributed by atoms with E-state index in [-0.39, 0.29) is 17.0 Å². The summed E-state index contributed by atoms with van der Waals surface area (Å²) in [6.45, 7) is -0.410. The molecule has 1 heterocycles. The van der Waals surface area contributed by atoms with E-state index in [4.69, 9.17) is 15.2 Å². The molecule has 9 nitrogen and oxygen atoms in total. The van der Waals surface area contributed by atoms with Crippen LogP contribution in [-0.4, -0.2) is 37.5 Å². The van der Waals surface area contributed by atoms with Gasteiger partial charge in [0.1, 0.15) is 17.1 Å². The van der Waals surface area contributed by atoms with Crippen LogP contribution in [0.2, 0.25) is 0 Å². The van der Waals surface area contributed by atoms with E-state index in [0.29, 0.717) is 20.3 Å². The molecule has 11 heteroatoms. The molecule has 1 aliphatic rings. The minimum atomic E-state index is -0.877. The second-order valence-electron chi connectivity index (χ2n) is 6.22. The van der Waals surface area contributed by atoms with Gasteiger partial charge in [-0.25, -0.2) is 9.69 Å². The number of carbonyl (C=O) groups excluding carboxylic acids is 4. The molecule has 0 unspecified atom stereocenters. The lowest BCUT2D eigenvalue weighted by Gasteiger charge is -2.26. The van der Waals surface area contributed by atoms with Gasteiger partial charge in [-0.15, -0.1) is 0 Å². The number of nitrogens with one attached hydrogen (secondary N) is 1. The average molecular weight is 553 g/mol. The van der Waals surface area contributed by atoms with Crippen molar-refractivity contribution in [1.82, 2.24) is 5.32 Å². The van der Waals surface area contributed by atoms with Gasteiger partial charge < -0.3 is 15.2 Å². The molecule has 1 fully saturated rings. The second-order valence-corrected chi connectivity index (χ2v) is 7.99. The van der Waals surface area contributed by atoms with Crippen LogP contribution in [0.15, 0.2) is 50.9 Å². The molecule has 2 aromatic rings. The largest absolute Gasteiger partial charge is 0.497 e. The summed E-state index contributed by atoms with van der Waals surface area (Å²) in [6, 6.07) is 8.56. The van der Waals surface area contributed by atoms with Crippen molar-refractivity contribution in [2.24, 2.45) is 5.73 Å². The topological polar surface area (TPSA) is 128 Å². The number of primary amides is 1. The minimum absolute atomic E-state index is 0.197. The summed E-state index contributed by atoms with van der Waals surface area (Å²) >= 11 is 6.64. The maximum Gasteiger partial charge on any atom is 0.335 e. The average Bonchev–Trinajstić information content (AvgIpc) is 2.70. The van der Waals surface area contributed by atoms with Crippen molar-refractivity contribution in [2.75, 3.05) is 18.6 Å². The quantitative estimate of drug-likeness (QED) is 0.419. The van der Waals surface area contributed by atoms with E-state index in [0.717, 1.165) is 4.90 Å². The summed E-state index contributed by atoms with van der Waals surface area (Å²) in [6.07, 6.45) is 1.27. The third-order valence-electron chi connectivity index (χ3n) is 4.13. The zero-order chi connectivity index (χ0) is 22.7. The highest BCUT2D eigenvalue weighted by molar-refractivity contribution is 9.11. The van der Waals surface area contributed by atoms with Gasteiger partial charge in [0.05, 0.1) is 17.3 Å². The summed E-state index contributed by atoms with van der Waals surface area (Å²) in [5.74, 6) is -1.65. The number of hydrogen-bond acceptors (Lipinski definition) is 6. The Kier molecular flexibility index (Phi) is 6.76. The molecular weight excluding hydrogens is 538 g/mol. The molecule has 1 aliphatic heterocycles. The van der Waals surface area contributed by atoms with Crippen LogP contribution in [0.3, 0.4) is 0 Å². The number of urea groups is 1. The van der Waals surface area contributed by atoms with Crippen LogP contribution < -0.4 is 25.4 Å². The van der Waals surface area contributed by atoms with Gasteiger partial charge in [-0.3, -0.25) is 19.7 Å². The third kappa shape index (κ3) is 4.94. The van der Waals surface area contributed by atoms with E-state index in [9.17, 15) is 19.2 Å². The van der Waals surface area contributed by atoms with Crippen molar-refractivity contribution in [3.8, 4) is 11.5 Å². The maximum atomic E-state index is 13.1. The molecule has 0 aromatic heterocycles. The minimum Gasteiger partial charge on any atom is -0.497 e. The van der Waals surface area contributed by atoms with Crippen molar-refractivity contribution in [2.45, 2.75) is 0 Å². The van der Waals surface area contributed by atoms with Gasteiger partial charge in [-0.05, 0) is 58.4 Å². The van der Waals surface area contributed by atoms with Gasteiger partial charge in [-0.2, -0.15) is 0 Å². The highest BCUT2D eigenvalue weighted by Crippen LogP contribution is 2.35. The summed E-state index contributed by atoms with van der Waals surface area (Å²) in [5, 5.41) is 2.15. The number of halogens is 2. The normalized spacial score (nSPS) is 15.1. The number of amides is 5. The molecular formula is C20H15Br2N3O6. The molecule has 1 saturated heterocycles. The number of benzene rings is 2. The molecule has 31 heavy (non-hydrogen) atoms. The highest BCUT2D eigenvalue weighted by atomic mass is 79.9. The van der Waals surface area contributed by atoms with Gasteiger partial charge in [0, 0.05) is 10.0 Å². The first-order chi connectivity index (χ1) is 14.7. The molecule has 5 amide bonds. The van der Waals surface area contributed by atoms with E-state index < -0.39 is 30.4 Å². The lowest BCUT2D eigenvalue weighted by molar-refractivity contribution is -0.123. The summed E-state index contributed by atoms with van der Waals surface area (Å²) in [5.41, 5.74) is 5.40. The fourth-order valence-corrected chi connectivity index (χ4v) is 4.13. The molecule has 0 spiro atoms. The molecule has 3 rings (SSSR count). The fourth-order valence-electron chi connectivity index (χ4n) is 2.76. The molecule has 0 aliphatic carbocycles. The van der Waals surface area contributed by atoms with Crippen molar-refractivity contribution in [1.29, 1.82) is 0 Å². The molecule has 160 valence electrons. The number of imide groups is 2. The Bertz CT molecular complexity index is 1110. The first-order valence-corrected chi connectivity index (χ1v) is 10.3. The van der Waals surface area contributed by atoms with Crippen LogP contribution >= 0.6 is 31.9 Å². The Hall–Kier alpha value is -3.18. The smallest absolute Gasteiger partial charge is 0.335 e. The predicted octanol–water partition coefficient (Wildman–Crippen LogP) is 2.75. The predicted molar refractivity (Wildman–Crippen MR) is 119 cm³/mol. The number of barbiturate groups is 1. The number of anilines is 1. The maximum absolute atomic E-state index is 13.1. The van der Waals surface area contributed by atoms with Crippen LogP contribution in [0.5, 0.6) is 11.5 Å². The number of carbonyl (C=O) groups is 4. The van der Waals surface area contributed by atoms with Gasteiger partial charge in [-0.1, -0.05) is 15.9 Å². The van der Waals surface area contributed by atoms with Crippen LogP contribution in [0.1, 0.15) is 5.56 Å². The standard InChI is InChI=1S/C20H15Br2N3O6/c1-30-13-4-2-12(3-5-13)25-19(28)14(18(27)24-20(25)29)7-10-6-11(21)8-15(22)17(10)31-9-16(23)26/h2-8H,9H2,1H3,(H2,23,26)(H,24,27,29)/b14-7+. The molecule has 0 saturated carbocycles. The number of ether oxygens (including phenoxy) is 2. The first-order valence-electron chi connectivity index (χ1n) is 8.67. The highest BCUT2D eigenvalue weighted by Gasteiger charge is 2.37. The number of hydrogen-bond donors (Lipinski definition) is 2. The lowest BCUT2D eigenvalue weighted by atomic mass is 10.1. The molecule has 3 N–H and O–H groups in total. The van der Waals surface area contributed by atoms with E-state index in [1.807, 2.05) is 0 Å². The number of nitrogens with zero attached hydrogens (tertiary/aromatic N) is 1. The Morgan fingerprint density at radius 2 is 1.84 bits per heavy atom. The first kappa shape index (κ1) is 22.5. The van der Waals surface area contributed by atoms with E-state index in [1.165, 1.54) is 25.3 Å². The molecule has 0 atom stereocenters. The van der Waals surface area contributed by atoms with Crippen molar-refractivity contribution in [3.63, 3.8) is 0 Å². The summed E-state index contributed by atoms with van der Waals surface area (Å²) in [4.78, 5) is 49.8. The van der Waals surface area contributed by atoms with Gasteiger partial charge in [0.15, 0.2) is 6.61 Å². The van der Waals surface area contributed by atoms with Crippen LogP contribution in [0.25, 0.3) is 6.08 Å². The Labute approximate surface area is 193 Å². The monoisotopic (exact) mass is 551 g/mol. The fraction of sp³-hybridized carbons (Fsp3) is 0.100. The molecule has 0 radical (unpaired) electrons. The van der Waals surface area contributed by atoms with Crippen LogP contribution in [0, 0.1) is 0 Å². The Balaban J connectivity index is 2.04. The summed E-state index contributed by atoms with van der Waals surface area (Å²) < 4.78 is 11.6. The van der Waals surface area contributed by atoms with Crippen LogP contribution in [0.4, 0.5) is 10.5 Å². The SMILES string of the molecule is COc1ccc(N2C(=O)NC(=O)/C(=C\c3cc(Br)cc(Br)c3OCC(N)=O)C2=O)cc1. The zero-order valence-corrected chi connectivity index (χ0v) is 19.2. The Morgan fingerprint density at radius 1 is 1.16 bits per heavy atom. The van der Waals surface area contributed by atoms with Crippen LogP contribution in [-0.2, 0) is 14.4 Å². The van der Waals surface area contributed by atoms with Crippen molar-refractivity contribution >= 4 is 67.4 Å². The van der Waals surface area contributed by atoms with Crippen molar-refractivity contribution < 1.29 is 28.7 Å². The number of rotatable bonds is 6. The Morgan fingerprint density at radius 3 is 2.45 bits per heavy atom. The van der Waals surface area contributed by atoms with Crippen molar-refractivity contribution in [3.05, 3.63) is 56.5 Å². The van der Waals surface area contributed by atoms with E-state index in [1.54, 1.807) is 24.3 Å². The van der Waals surface area contributed by atoms with Gasteiger partial charge >= 0.3 is 6.03 Å². The lowest BCUT2D eigenvalue weighted by Crippen LogP contribution is -2.54. The van der Waals surface area contributed by atoms with Gasteiger partial charge in [0.25, 0.3) is 17.7 Å². The molecule has 0 bridgehead atoms. The number of methoxy groups -OCH3 is 1. The second kappa shape index (κ2) is 9.31. The third-order valence-corrected chi connectivity index (χ3v) is 5.17. The van der Waals surface area contributed by atoms with E-state index >= 15 is 0 Å². The number of nitrogens with two attached hydrogens (primary N) is 1. The van der Waals surface area contributed by atoms with E-state index in [2.05, 4.69) is 37.2 Å².